The second-order valence-electron chi connectivity index (χ2n) is 13.1. The summed E-state index contributed by atoms with van der Waals surface area (Å²) in [5, 5.41) is 8.68. The van der Waals surface area contributed by atoms with Gasteiger partial charge in [-0.05, 0) is 56.7 Å². The van der Waals surface area contributed by atoms with E-state index in [4.69, 9.17) is 5.73 Å². The first-order valence-electron chi connectivity index (χ1n) is 14.8. The Labute approximate surface area is 254 Å². The summed E-state index contributed by atoms with van der Waals surface area (Å²) in [5.74, 6) is -3.41. The number of carbonyl (C=O) groups is 5. The molecule has 1 aromatic carbocycles. The van der Waals surface area contributed by atoms with Crippen LogP contribution in [0, 0.1) is 17.8 Å². The molecule has 10 nitrogen and oxygen atoms in total. The van der Waals surface area contributed by atoms with E-state index in [9.17, 15) is 24.0 Å². The zero-order valence-electron chi connectivity index (χ0n) is 25.7. The first-order valence-corrected chi connectivity index (χ1v) is 15.4. The van der Waals surface area contributed by atoms with Crippen molar-refractivity contribution < 1.29 is 24.0 Å². The zero-order valence-corrected chi connectivity index (χ0v) is 26.6. The molecule has 0 spiro atoms. The summed E-state index contributed by atoms with van der Waals surface area (Å²) >= 11 is 3.93. The number of hydrogen-bond donors (Lipinski definition) is 5. The van der Waals surface area contributed by atoms with E-state index >= 15 is 0 Å². The minimum atomic E-state index is -0.820. The summed E-state index contributed by atoms with van der Waals surface area (Å²) in [6.45, 7) is 11.7. The van der Waals surface area contributed by atoms with E-state index in [0.29, 0.717) is 18.4 Å². The van der Waals surface area contributed by atoms with Gasteiger partial charge in [0.05, 0.1) is 29.0 Å². The third-order valence-electron chi connectivity index (χ3n) is 8.79. The predicted octanol–water partition coefficient (Wildman–Crippen LogP) is 2.16. The van der Waals surface area contributed by atoms with Gasteiger partial charge in [-0.1, -0.05) is 45.7 Å². The van der Waals surface area contributed by atoms with Crippen LogP contribution in [0.25, 0.3) is 0 Å². The molecular formula is C31H47N5O5S. The number of imide groups is 1. The fourth-order valence-corrected chi connectivity index (χ4v) is 6.05. The molecule has 1 aromatic rings. The van der Waals surface area contributed by atoms with Gasteiger partial charge in [0, 0.05) is 30.7 Å². The fraction of sp³-hybridized carbons (Fsp3) is 0.645. The van der Waals surface area contributed by atoms with Gasteiger partial charge in [0.15, 0.2) is 0 Å². The van der Waals surface area contributed by atoms with Gasteiger partial charge < -0.3 is 21.7 Å². The summed E-state index contributed by atoms with van der Waals surface area (Å²) in [5.41, 5.74) is 6.82. The standard InChI is InChI=1S/C31H47N5O5S/c1-18(22(15-32)28(40)36-29(41)23(31(36,5)6)16-33-25(37)17-42)34-27(39)21-9-7-8-10-24(21)35-26(38)19-11-13-20(14-12-19)30(2,3)4/h11-14,18,21-24,42H,7-10,15-17,32H2,1-6H3,(H,33,37)(H,34,39)(H,35,38). The van der Waals surface area contributed by atoms with E-state index in [1.165, 1.54) is 4.90 Å². The maximum Gasteiger partial charge on any atom is 0.251 e. The number of amides is 5. The monoisotopic (exact) mass is 601 g/mol. The second kappa shape index (κ2) is 13.6. The highest BCUT2D eigenvalue weighted by atomic mass is 32.1. The lowest BCUT2D eigenvalue weighted by atomic mass is 9.74. The molecule has 2 fully saturated rings. The van der Waals surface area contributed by atoms with Crippen molar-refractivity contribution in [2.24, 2.45) is 23.5 Å². The Morgan fingerprint density at radius 2 is 1.71 bits per heavy atom. The number of rotatable bonds is 10. The lowest BCUT2D eigenvalue weighted by Crippen LogP contribution is -2.73. The number of carbonyl (C=O) groups excluding carboxylic acids is 5. The number of nitrogens with zero attached hydrogens (tertiary/aromatic N) is 1. The van der Waals surface area contributed by atoms with Crippen molar-refractivity contribution >= 4 is 42.2 Å². The molecule has 3 rings (SSSR count). The summed E-state index contributed by atoms with van der Waals surface area (Å²) in [6.07, 6.45) is 3.06. The Balaban J connectivity index is 1.64. The highest BCUT2D eigenvalue weighted by Gasteiger charge is 2.57. The van der Waals surface area contributed by atoms with E-state index in [-0.39, 0.29) is 53.9 Å². The molecule has 1 aliphatic carbocycles. The van der Waals surface area contributed by atoms with Crippen LogP contribution in [0.4, 0.5) is 0 Å². The van der Waals surface area contributed by atoms with Gasteiger partial charge in [0.25, 0.3) is 5.91 Å². The van der Waals surface area contributed by atoms with E-state index in [1.807, 2.05) is 24.3 Å². The van der Waals surface area contributed by atoms with Crippen LogP contribution in [0.3, 0.4) is 0 Å². The molecule has 5 amide bonds. The average molecular weight is 602 g/mol. The zero-order chi connectivity index (χ0) is 31.4. The Hall–Kier alpha value is -2.92. The van der Waals surface area contributed by atoms with Gasteiger partial charge in [-0.3, -0.25) is 28.9 Å². The van der Waals surface area contributed by atoms with Crippen LogP contribution in [0.1, 0.15) is 83.1 Å². The van der Waals surface area contributed by atoms with Crippen molar-refractivity contribution in [3.8, 4) is 0 Å². The summed E-state index contributed by atoms with van der Waals surface area (Å²) in [4.78, 5) is 65.8. The Morgan fingerprint density at radius 3 is 2.26 bits per heavy atom. The molecular weight excluding hydrogens is 554 g/mol. The Bertz CT molecular complexity index is 1180. The fourth-order valence-electron chi connectivity index (χ4n) is 5.94. The Morgan fingerprint density at radius 1 is 1.10 bits per heavy atom. The molecule has 2 aliphatic rings. The first kappa shape index (κ1) is 33.6. The lowest BCUT2D eigenvalue weighted by Gasteiger charge is -2.53. The molecule has 5 atom stereocenters. The molecule has 1 heterocycles. The molecule has 0 aromatic heterocycles. The normalized spacial score (nSPS) is 23.3. The second-order valence-corrected chi connectivity index (χ2v) is 13.4. The number of β-lactam (4-membered cyclic amide) rings is 1. The summed E-state index contributed by atoms with van der Waals surface area (Å²) in [7, 11) is 0. The SMILES string of the molecule is CC(NC(=O)C1CCCCC1NC(=O)c1ccc(C(C)(C)C)cc1)C(CN)C(=O)N1C(=O)C(CNC(=O)CS)C1(C)C. The van der Waals surface area contributed by atoms with Crippen LogP contribution in [0.5, 0.6) is 0 Å². The van der Waals surface area contributed by atoms with Crippen molar-refractivity contribution in [1.82, 2.24) is 20.9 Å². The van der Waals surface area contributed by atoms with E-state index in [2.05, 4.69) is 49.4 Å². The number of hydrogen-bond acceptors (Lipinski definition) is 7. The molecule has 0 bridgehead atoms. The first-order chi connectivity index (χ1) is 19.6. The molecule has 1 saturated heterocycles. The molecule has 42 heavy (non-hydrogen) atoms. The van der Waals surface area contributed by atoms with Crippen LogP contribution < -0.4 is 21.7 Å². The van der Waals surface area contributed by atoms with Crippen molar-refractivity contribution in [3.63, 3.8) is 0 Å². The predicted molar refractivity (Wildman–Crippen MR) is 165 cm³/mol. The van der Waals surface area contributed by atoms with E-state index < -0.39 is 35.2 Å². The number of nitrogens with two attached hydrogens (primary N) is 1. The number of thiol groups is 1. The van der Waals surface area contributed by atoms with Crippen LogP contribution >= 0.6 is 12.6 Å². The molecule has 11 heteroatoms. The minimum absolute atomic E-state index is 0.00647. The summed E-state index contributed by atoms with van der Waals surface area (Å²) in [6, 6.07) is 6.56. The molecule has 5 unspecified atom stereocenters. The number of benzene rings is 1. The van der Waals surface area contributed by atoms with Crippen LogP contribution in [-0.2, 0) is 24.6 Å². The van der Waals surface area contributed by atoms with E-state index in [0.717, 1.165) is 18.4 Å². The third kappa shape index (κ3) is 7.34. The van der Waals surface area contributed by atoms with Crippen molar-refractivity contribution in [2.45, 2.75) is 90.3 Å². The lowest BCUT2D eigenvalue weighted by molar-refractivity contribution is -0.177. The molecule has 0 radical (unpaired) electrons. The van der Waals surface area contributed by atoms with Crippen molar-refractivity contribution in [3.05, 3.63) is 35.4 Å². The maximum atomic E-state index is 13.5. The molecule has 1 saturated carbocycles. The van der Waals surface area contributed by atoms with E-state index in [1.54, 1.807) is 20.8 Å². The number of nitrogens with one attached hydrogen (secondary N) is 3. The van der Waals surface area contributed by atoms with Crippen molar-refractivity contribution in [2.75, 3.05) is 18.8 Å². The Kier molecular flexibility index (Phi) is 10.9. The van der Waals surface area contributed by atoms with Gasteiger partial charge in [-0.25, -0.2) is 0 Å². The van der Waals surface area contributed by atoms with Gasteiger partial charge in [-0.2, -0.15) is 12.6 Å². The summed E-state index contributed by atoms with van der Waals surface area (Å²) < 4.78 is 0. The average Bonchev–Trinajstić information content (AvgIpc) is 2.92. The van der Waals surface area contributed by atoms with Crippen LogP contribution in [0.15, 0.2) is 24.3 Å². The van der Waals surface area contributed by atoms with Crippen LogP contribution in [0.2, 0.25) is 0 Å². The minimum Gasteiger partial charge on any atom is -0.355 e. The van der Waals surface area contributed by atoms with Gasteiger partial charge in [0.1, 0.15) is 0 Å². The number of likely N-dealkylation sites (tertiary alicyclic amines) is 1. The molecule has 232 valence electrons. The van der Waals surface area contributed by atoms with Crippen LogP contribution in [-0.4, -0.2) is 70.9 Å². The quantitative estimate of drug-likeness (QED) is 0.205. The largest absolute Gasteiger partial charge is 0.355 e. The third-order valence-corrected chi connectivity index (χ3v) is 9.08. The van der Waals surface area contributed by atoms with Crippen molar-refractivity contribution in [1.29, 1.82) is 0 Å². The highest BCUT2D eigenvalue weighted by molar-refractivity contribution is 7.81. The van der Waals surface area contributed by atoms with Gasteiger partial charge in [-0.15, -0.1) is 0 Å². The maximum absolute atomic E-state index is 13.5. The molecule has 1 aliphatic heterocycles. The molecule has 5 N–H and O–H groups in total. The van der Waals surface area contributed by atoms with Gasteiger partial charge >= 0.3 is 0 Å². The smallest absolute Gasteiger partial charge is 0.251 e. The van der Waals surface area contributed by atoms with Gasteiger partial charge in [0.2, 0.25) is 23.6 Å². The highest BCUT2D eigenvalue weighted by Crippen LogP contribution is 2.38. The topological polar surface area (TPSA) is 151 Å².